The number of amides is 1. The fourth-order valence-corrected chi connectivity index (χ4v) is 2.04. The van der Waals surface area contributed by atoms with Gasteiger partial charge >= 0.3 is 0 Å². The lowest BCUT2D eigenvalue weighted by atomic mass is 10.1. The third kappa shape index (κ3) is 3.78. The van der Waals surface area contributed by atoms with Crippen LogP contribution >= 0.6 is 0 Å². The summed E-state index contributed by atoms with van der Waals surface area (Å²) in [5.74, 6) is -0.0723. The van der Waals surface area contributed by atoms with E-state index in [4.69, 9.17) is 0 Å². The Hall–Kier alpha value is -1.49. The van der Waals surface area contributed by atoms with E-state index < -0.39 is 0 Å². The zero-order chi connectivity index (χ0) is 11.9. The third-order valence-electron chi connectivity index (χ3n) is 3.01. The van der Waals surface area contributed by atoms with Gasteiger partial charge in [0.15, 0.2) is 0 Å². The van der Waals surface area contributed by atoms with Crippen LogP contribution in [-0.4, -0.2) is 47.2 Å². The SMILES string of the molecule is O=C(NCCN1CCCCC1)c1ccnnc1. The van der Waals surface area contributed by atoms with Gasteiger partial charge in [-0.1, -0.05) is 6.42 Å². The van der Waals surface area contributed by atoms with E-state index in [-0.39, 0.29) is 5.91 Å². The summed E-state index contributed by atoms with van der Waals surface area (Å²) in [6, 6.07) is 1.67. The Balaban J connectivity index is 1.69. The average molecular weight is 234 g/mol. The normalized spacial score (nSPS) is 16.7. The zero-order valence-electron chi connectivity index (χ0n) is 9.93. The van der Waals surface area contributed by atoms with Crippen LogP contribution in [0.2, 0.25) is 0 Å². The molecule has 1 fully saturated rings. The molecular weight excluding hydrogens is 216 g/mol. The van der Waals surface area contributed by atoms with E-state index in [0.29, 0.717) is 12.1 Å². The molecule has 2 rings (SSSR count). The van der Waals surface area contributed by atoms with Gasteiger partial charge in [0.2, 0.25) is 0 Å². The monoisotopic (exact) mass is 234 g/mol. The molecule has 5 heteroatoms. The molecule has 0 unspecified atom stereocenters. The smallest absolute Gasteiger partial charge is 0.253 e. The standard InChI is InChI=1S/C12H18N4O/c17-12(11-4-5-14-15-10-11)13-6-9-16-7-2-1-3-8-16/h4-5,10H,1-3,6-9H2,(H,13,17). The van der Waals surface area contributed by atoms with Gasteiger partial charge in [-0.3, -0.25) is 4.79 Å². The number of hydrogen-bond donors (Lipinski definition) is 1. The number of hydrogen-bond acceptors (Lipinski definition) is 4. The number of carbonyl (C=O) groups is 1. The van der Waals surface area contributed by atoms with Gasteiger partial charge in [-0.25, -0.2) is 0 Å². The lowest BCUT2D eigenvalue weighted by Gasteiger charge is -2.26. The second-order valence-corrected chi connectivity index (χ2v) is 4.29. The molecule has 2 heterocycles. The number of nitrogens with zero attached hydrogens (tertiary/aromatic N) is 3. The van der Waals surface area contributed by atoms with Crippen molar-refractivity contribution in [3.05, 3.63) is 24.0 Å². The highest BCUT2D eigenvalue weighted by Crippen LogP contribution is 2.07. The highest BCUT2D eigenvalue weighted by molar-refractivity contribution is 5.93. The van der Waals surface area contributed by atoms with Crippen molar-refractivity contribution in [2.45, 2.75) is 19.3 Å². The molecule has 5 nitrogen and oxygen atoms in total. The molecular formula is C12H18N4O. The van der Waals surface area contributed by atoms with E-state index in [1.54, 1.807) is 6.07 Å². The fraction of sp³-hybridized carbons (Fsp3) is 0.583. The van der Waals surface area contributed by atoms with Crippen molar-refractivity contribution < 1.29 is 4.79 Å². The average Bonchev–Trinajstić information content (AvgIpc) is 2.41. The molecule has 0 spiro atoms. The molecule has 17 heavy (non-hydrogen) atoms. The molecule has 1 aromatic rings. The molecule has 1 aromatic heterocycles. The molecule has 1 aliphatic rings. The number of likely N-dealkylation sites (tertiary alicyclic amines) is 1. The topological polar surface area (TPSA) is 58.1 Å². The van der Waals surface area contributed by atoms with Crippen molar-refractivity contribution in [2.75, 3.05) is 26.2 Å². The molecule has 1 amide bonds. The molecule has 0 aromatic carbocycles. The highest BCUT2D eigenvalue weighted by atomic mass is 16.1. The molecule has 0 aliphatic carbocycles. The quantitative estimate of drug-likeness (QED) is 0.833. The number of aromatic nitrogens is 2. The minimum atomic E-state index is -0.0723. The Bertz CT molecular complexity index is 349. The van der Waals surface area contributed by atoms with Gasteiger partial charge < -0.3 is 10.2 Å². The maximum absolute atomic E-state index is 11.7. The summed E-state index contributed by atoms with van der Waals surface area (Å²) in [6.45, 7) is 3.95. The third-order valence-corrected chi connectivity index (χ3v) is 3.01. The van der Waals surface area contributed by atoms with Crippen molar-refractivity contribution >= 4 is 5.91 Å². The van der Waals surface area contributed by atoms with Crippen LogP contribution in [0.1, 0.15) is 29.6 Å². The van der Waals surface area contributed by atoms with E-state index in [0.717, 1.165) is 19.6 Å². The predicted octanol–water partition coefficient (Wildman–Crippen LogP) is 0.692. The van der Waals surface area contributed by atoms with Gasteiger partial charge in [-0.15, -0.1) is 0 Å². The first kappa shape index (κ1) is 12.0. The first-order valence-corrected chi connectivity index (χ1v) is 6.13. The molecule has 1 N–H and O–H groups in total. The van der Waals surface area contributed by atoms with E-state index >= 15 is 0 Å². The van der Waals surface area contributed by atoms with Crippen LogP contribution in [0.25, 0.3) is 0 Å². The van der Waals surface area contributed by atoms with Crippen molar-refractivity contribution in [1.82, 2.24) is 20.4 Å². The van der Waals surface area contributed by atoms with Crippen LogP contribution in [0.15, 0.2) is 18.5 Å². The van der Waals surface area contributed by atoms with Gasteiger partial charge in [0.1, 0.15) is 0 Å². The number of rotatable bonds is 4. The highest BCUT2D eigenvalue weighted by Gasteiger charge is 2.10. The van der Waals surface area contributed by atoms with Crippen molar-refractivity contribution in [2.24, 2.45) is 0 Å². The van der Waals surface area contributed by atoms with E-state index in [2.05, 4.69) is 20.4 Å². The second-order valence-electron chi connectivity index (χ2n) is 4.29. The predicted molar refractivity (Wildman–Crippen MR) is 64.7 cm³/mol. The maximum Gasteiger partial charge on any atom is 0.253 e. The molecule has 0 saturated carbocycles. The van der Waals surface area contributed by atoms with Gasteiger partial charge in [0, 0.05) is 13.1 Å². The summed E-state index contributed by atoms with van der Waals surface area (Å²) >= 11 is 0. The molecule has 92 valence electrons. The summed E-state index contributed by atoms with van der Waals surface area (Å²) in [6.07, 6.45) is 6.91. The molecule has 0 bridgehead atoms. The minimum Gasteiger partial charge on any atom is -0.351 e. The minimum absolute atomic E-state index is 0.0723. The summed E-state index contributed by atoms with van der Waals surface area (Å²) in [5.41, 5.74) is 0.568. The Morgan fingerprint density at radius 3 is 2.82 bits per heavy atom. The number of carbonyl (C=O) groups excluding carboxylic acids is 1. The lowest BCUT2D eigenvalue weighted by molar-refractivity contribution is 0.0946. The Labute approximate surface area is 101 Å². The number of nitrogens with one attached hydrogen (secondary N) is 1. The fourth-order valence-electron chi connectivity index (χ4n) is 2.04. The van der Waals surface area contributed by atoms with Crippen molar-refractivity contribution in [1.29, 1.82) is 0 Å². The first-order valence-electron chi connectivity index (χ1n) is 6.13. The van der Waals surface area contributed by atoms with Crippen LogP contribution < -0.4 is 5.32 Å². The zero-order valence-corrected chi connectivity index (χ0v) is 9.93. The van der Waals surface area contributed by atoms with E-state index in [1.165, 1.54) is 31.7 Å². The molecule has 0 radical (unpaired) electrons. The van der Waals surface area contributed by atoms with E-state index in [9.17, 15) is 4.79 Å². The van der Waals surface area contributed by atoms with Crippen LogP contribution in [0.3, 0.4) is 0 Å². The summed E-state index contributed by atoms with van der Waals surface area (Å²) in [4.78, 5) is 14.1. The van der Waals surface area contributed by atoms with E-state index in [1.807, 2.05) is 0 Å². The van der Waals surface area contributed by atoms with Gasteiger partial charge in [-0.2, -0.15) is 10.2 Å². The Morgan fingerprint density at radius 1 is 1.29 bits per heavy atom. The lowest BCUT2D eigenvalue weighted by Crippen LogP contribution is -2.37. The maximum atomic E-state index is 11.7. The van der Waals surface area contributed by atoms with Gasteiger partial charge in [0.05, 0.1) is 18.0 Å². The summed E-state index contributed by atoms with van der Waals surface area (Å²) in [5, 5.41) is 10.2. The van der Waals surface area contributed by atoms with Gasteiger partial charge in [-0.05, 0) is 32.0 Å². The van der Waals surface area contributed by atoms with Crippen LogP contribution in [0.5, 0.6) is 0 Å². The van der Waals surface area contributed by atoms with Crippen LogP contribution in [0.4, 0.5) is 0 Å². The molecule has 1 saturated heterocycles. The summed E-state index contributed by atoms with van der Waals surface area (Å²) in [7, 11) is 0. The molecule has 1 aliphatic heterocycles. The van der Waals surface area contributed by atoms with Crippen molar-refractivity contribution in [3.63, 3.8) is 0 Å². The largest absolute Gasteiger partial charge is 0.351 e. The second kappa shape index (κ2) is 6.30. The Kier molecular flexibility index (Phi) is 4.44. The van der Waals surface area contributed by atoms with Gasteiger partial charge in [0.25, 0.3) is 5.91 Å². The van der Waals surface area contributed by atoms with Crippen LogP contribution in [0, 0.1) is 0 Å². The number of piperidine rings is 1. The first-order chi connectivity index (χ1) is 8.36. The molecule has 0 atom stereocenters. The Morgan fingerprint density at radius 2 is 2.12 bits per heavy atom. The van der Waals surface area contributed by atoms with Crippen LogP contribution in [-0.2, 0) is 0 Å². The van der Waals surface area contributed by atoms with Crippen molar-refractivity contribution in [3.8, 4) is 0 Å². The summed E-state index contributed by atoms with van der Waals surface area (Å²) < 4.78 is 0.